The molecular weight excluding hydrogens is 384 g/mol. The van der Waals surface area contributed by atoms with Gasteiger partial charge in [0.15, 0.2) is 5.78 Å². The van der Waals surface area contributed by atoms with E-state index in [-0.39, 0.29) is 30.2 Å². The van der Waals surface area contributed by atoms with Crippen LogP contribution >= 0.6 is 11.6 Å². The van der Waals surface area contributed by atoms with E-state index in [0.29, 0.717) is 13.0 Å². The Bertz CT molecular complexity index is 802. The predicted octanol–water partition coefficient (Wildman–Crippen LogP) is 2.09. The maximum Gasteiger partial charge on any atom is 0.414 e. The average molecular weight is 400 g/mol. The molecule has 1 saturated heterocycles. The van der Waals surface area contributed by atoms with Crippen molar-refractivity contribution in [2.45, 2.75) is 18.2 Å². The molecule has 2 amide bonds. The molecule has 0 aromatic heterocycles. The van der Waals surface area contributed by atoms with E-state index >= 15 is 0 Å². The largest absolute Gasteiger partial charge is 0.442 e. The minimum absolute atomic E-state index is 0.0190. The van der Waals surface area contributed by atoms with E-state index in [0.717, 1.165) is 0 Å². The van der Waals surface area contributed by atoms with Crippen molar-refractivity contribution in [1.82, 2.24) is 5.32 Å². The molecule has 2 aliphatic heterocycles. The van der Waals surface area contributed by atoms with Crippen LogP contribution in [0.3, 0.4) is 0 Å². The number of hydrogen-bond donors (Lipinski definition) is 1. The van der Waals surface area contributed by atoms with Crippen molar-refractivity contribution >= 4 is 40.8 Å². The molecule has 1 aromatic rings. The third-order valence-corrected chi connectivity index (χ3v) is 4.37. The summed E-state index contributed by atoms with van der Waals surface area (Å²) in [5.74, 6) is -1.59. The highest BCUT2D eigenvalue weighted by atomic mass is 35.5. The monoisotopic (exact) mass is 399 g/mol. The lowest BCUT2D eigenvalue weighted by molar-refractivity contribution is -0.123. The summed E-state index contributed by atoms with van der Waals surface area (Å²) in [5, 5.41) is 2.22. The number of ether oxygens (including phenoxy) is 1. The van der Waals surface area contributed by atoms with Gasteiger partial charge >= 0.3 is 6.09 Å². The number of allylic oxidation sites excluding steroid dienone is 1. The lowest BCUT2D eigenvalue weighted by atomic mass is 10.1. The number of rotatable bonds is 5. The summed E-state index contributed by atoms with van der Waals surface area (Å²) in [6.45, 7) is 0.325. The number of amides is 2. The zero-order valence-corrected chi connectivity index (χ0v) is 14.8. The van der Waals surface area contributed by atoms with Crippen LogP contribution in [-0.2, 0) is 14.3 Å². The zero-order chi connectivity index (χ0) is 19.6. The van der Waals surface area contributed by atoms with E-state index < -0.39 is 29.6 Å². The van der Waals surface area contributed by atoms with Crippen LogP contribution in [-0.4, -0.2) is 49.2 Å². The van der Waals surface area contributed by atoms with E-state index in [1.165, 1.54) is 29.3 Å². The fraction of sp³-hybridized carbons (Fsp3) is 0.353. The molecule has 0 aliphatic carbocycles. The van der Waals surface area contributed by atoms with Gasteiger partial charge in [0.2, 0.25) is 0 Å². The van der Waals surface area contributed by atoms with Gasteiger partial charge in [-0.1, -0.05) is 11.6 Å². The molecule has 3 rings (SSSR count). The summed E-state index contributed by atoms with van der Waals surface area (Å²) >= 11 is 5.01. The normalized spacial score (nSPS) is 20.6. The van der Waals surface area contributed by atoms with E-state index in [9.17, 15) is 23.2 Å². The van der Waals surface area contributed by atoms with Gasteiger partial charge < -0.3 is 15.0 Å². The molecule has 10 heteroatoms. The molecule has 0 spiro atoms. The highest BCUT2D eigenvalue weighted by molar-refractivity contribution is 6.29. The second-order valence-corrected chi connectivity index (χ2v) is 6.41. The van der Waals surface area contributed by atoms with Crippen LogP contribution in [0.2, 0.25) is 0 Å². The van der Waals surface area contributed by atoms with Crippen molar-refractivity contribution in [3.63, 3.8) is 0 Å². The Morgan fingerprint density at radius 1 is 1.41 bits per heavy atom. The molecule has 1 unspecified atom stereocenters. The van der Waals surface area contributed by atoms with Crippen LogP contribution in [0.15, 0.2) is 30.5 Å². The SMILES string of the molecule is O=C1C=CN(c2ccc(N3C[C@H](CNC(=O)C(F)Cl)OC3=O)cc2F)CC1. The zero-order valence-electron chi connectivity index (χ0n) is 14.0. The lowest BCUT2D eigenvalue weighted by Crippen LogP contribution is -2.37. The number of nitrogens with one attached hydrogen (secondary N) is 1. The van der Waals surface area contributed by atoms with Crippen molar-refractivity contribution in [3.05, 3.63) is 36.3 Å². The lowest BCUT2D eigenvalue weighted by Gasteiger charge is -2.24. The molecule has 1 aromatic carbocycles. The molecule has 27 heavy (non-hydrogen) atoms. The van der Waals surface area contributed by atoms with Crippen molar-refractivity contribution in [1.29, 1.82) is 0 Å². The Hall–Kier alpha value is -2.68. The van der Waals surface area contributed by atoms with Crippen LogP contribution < -0.4 is 15.1 Å². The topological polar surface area (TPSA) is 79.0 Å². The molecular formula is C17H16ClF2N3O4. The molecule has 2 heterocycles. The van der Waals surface area contributed by atoms with Gasteiger partial charge in [-0.25, -0.2) is 13.6 Å². The number of ketones is 1. The van der Waals surface area contributed by atoms with E-state index in [1.807, 2.05) is 0 Å². The summed E-state index contributed by atoms with van der Waals surface area (Å²) in [6, 6.07) is 4.26. The predicted molar refractivity (Wildman–Crippen MR) is 93.9 cm³/mol. The summed E-state index contributed by atoms with van der Waals surface area (Å²) < 4.78 is 32.2. The maximum atomic E-state index is 14.5. The van der Waals surface area contributed by atoms with E-state index in [1.54, 1.807) is 11.0 Å². The number of carbonyl (C=O) groups excluding carboxylic acids is 3. The van der Waals surface area contributed by atoms with Crippen molar-refractivity contribution in [2.24, 2.45) is 0 Å². The number of anilines is 2. The summed E-state index contributed by atoms with van der Waals surface area (Å²) in [7, 11) is 0. The van der Waals surface area contributed by atoms with Gasteiger partial charge in [-0.15, -0.1) is 0 Å². The standard InChI is InChI=1S/C17H16ClF2N3O4/c18-15(20)16(25)21-8-12-9-23(17(26)27-12)10-1-2-14(13(19)7-10)22-5-3-11(24)4-6-22/h1-3,5,7,12,15H,4,6,8-9H2,(H,21,25)/t12-,15?/m0/s1. The molecule has 1 fully saturated rings. The van der Waals surface area contributed by atoms with Gasteiger partial charge in [-0.2, -0.15) is 0 Å². The second kappa shape index (κ2) is 7.91. The van der Waals surface area contributed by atoms with Crippen LogP contribution in [0.1, 0.15) is 6.42 Å². The van der Waals surface area contributed by atoms with Crippen LogP contribution in [0, 0.1) is 5.82 Å². The van der Waals surface area contributed by atoms with Crippen molar-refractivity contribution < 1.29 is 27.9 Å². The second-order valence-electron chi connectivity index (χ2n) is 6.02. The summed E-state index contributed by atoms with van der Waals surface area (Å²) in [5.41, 5.74) is -1.61. The summed E-state index contributed by atoms with van der Waals surface area (Å²) in [6.07, 6.45) is 1.78. The molecule has 0 bridgehead atoms. The number of halogens is 3. The molecule has 0 saturated carbocycles. The van der Waals surface area contributed by atoms with Gasteiger partial charge in [-0.05, 0) is 24.3 Å². The van der Waals surface area contributed by atoms with Gasteiger partial charge in [-0.3, -0.25) is 14.5 Å². The fourth-order valence-corrected chi connectivity index (χ4v) is 2.87. The minimum atomic E-state index is -2.18. The number of benzene rings is 1. The first-order valence-corrected chi connectivity index (χ1v) is 8.60. The first-order chi connectivity index (χ1) is 12.8. The Morgan fingerprint density at radius 3 is 2.81 bits per heavy atom. The van der Waals surface area contributed by atoms with Crippen LogP contribution in [0.5, 0.6) is 0 Å². The van der Waals surface area contributed by atoms with Gasteiger partial charge in [0.05, 0.1) is 24.5 Å². The summed E-state index contributed by atoms with van der Waals surface area (Å²) in [4.78, 5) is 37.2. The highest BCUT2D eigenvalue weighted by Crippen LogP contribution is 2.29. The molecule has 1 N–H and O–H groups in total. The minimum Gasteiger partial charge on any atom is -0.442 e. The maximum absolute atomic E-state index is 14.5. The Morgan fingerprint density at radius 2 is 2.19 bits per heavy atom. The Labute approximate surface area is 158 Å². The first kappa shape index (κ1) is 19.1. The van der Waals surface area contributed by atoms with Gasteiger partial charge in [0.1, 0.15) is 11.9 Å². The average Bonchev–Trinajstić information content (AvgIpc) is 3.01. The highest BCUT2D eigenvalue weighted by Gasteiger charge is 2.33. The number of nitrogens with zero attached hydrogens (tertiary/aromatic N) is 2. The third-order valence-electron chi connectivity index (χ3n) is 4.17. The molecule has 144 valence electrons. The molecule has 2 atom stereocenters. The van der Waals surface area contributed by atoms with Crippen LogP contribution in [0.4, 0.5) is 25.0 Å². The molecule has 0 radical (unpaired) electrons. The Kier molecular flexibility index (Phi) is 5.59. The van der Waals surface area contributed by atoms with Crippen molar-refractivity contribution in [3.8, 4) is 0 Å². The van der Waals surface area contributed by atoms with Crippen LogP contribution in [0.25, 0.3) is 0 Å². The smallest absolute Gasteiger partial charge is 0.414 e. The van der Waals surface area contributed by atoms with E-state index in [4.69, 9.17) is 16.3 Å². The number of carbonyl (C=O) groups is 3. The van der Waals surface area contributed by atoms with Gasteiger partial charge in [0, 0.05) is 19.2 Å². The fourth-order valence-electron chi connectivity index (χ4n) is 2.79. The van der Waals surface area contributed by atoms with Gasteiger partial charge in [0.25, 0.3) is 11.5 Å². The first-order valence-electron chi connectivity index (χ1n) is 8.16. The molecule has 7 nitrogen and oxygen atoms in total. The van der Waals surface area contributed by atoms with E-state index in [2.05, 4.69) is 5.32 Å². The quantitative estimate of drug-likeness (QED) is 0.767. The third kappa shape index (κ3) is 4.36. The van der Waals surface area contributed by atoms with Crippen molar-refractivity contribution in [2.75, 3.05) is 29.4 Å². The number of alkyl halides is 2. The Balaban J connectivity index is 1.67. The molecule has 2 aliphatic rings. The number of hydrogen-bond acceptors (Lipinski definition) is 5. The number of cyclic esters (lactones) is 1.